The molecular weight excluding hydrogens is 375 g/mol. The first-order valence-corrected chi connectivity index (χ1v) is 7.89. The molecule has 18 heavy (non-hydrogen) atoms. The van der Waals surface area contributed by atoms with Gasteiger partial charge in [0.25, 0.3) is 0 Å². The van der Waals surface area contributed by atoms with Crippen molar-refractivity contribution in [3.8, 4) is 0 Å². The summed E-state index contributed by atoms with van der Waals surface area (Å²) in [4.78, 5) is 0. The molecular formula is C6H24CoMoN6O4. The second-order valence-electron chi connectivity index (χ2n) is 2.14. The minimum atomic E-state index is -6.02. The van der Waals surface area contributed by atoms with E-state index in [9.17, 15) is 0 Å². The van der Waals surface area contributed by atoms with Crippen molar-refractivity contribution >= 4 is 0 Å². The molecule has 0 spiro atoms. The first kappa shape index (κ1) is 31.1. The van der Waals surface area contributed by atoms with E-state index in [0.29, 0.717) is 39.3 Å². The molecule has 1 radical (unpaired) electrons. The standard InChI is InChI=1S/3C2H8N2.Co.Mo.4O/c3*3-1-2-4;;;;;;/h3*1-4H2;;;;;;/q;;;+2;;;;2*-1. The first-order chi connectivity index (χ1) is 7.74. The molecule has 0 amide bonds. The summed E-state index contributed by atoms with van der Waals surface area (Å²) < 4.78 is 34.5. The molecule has 0 saturated heterocycles. The first-order valence-electron chi connectivity index (χ1n) is 4.62. The van der Waals surface area contributed by atoms with Crippen molar-refractivity contribution < 1.29 is 47.8 Å². The van der Waals surface area contributed by atoms with Crippen LogP contribution in [0.1, 0.15) is 0 Å². The molecule has 0 aliphatic heterocycles. The van der Waals surface area contributed by atoms with Crippen LogP contribution < -0.4 is 41.9 Å². The molecule has 0 saturated carbocycles. The zero-order valence-corrected chi connectivity index (χ0v) is 13.1. The summed E-state index contributed by atoms with van der Waals surface area (Å²) in [5, 5.41) is 0. The molecule has 0 rings (SSSR count). The number of rotatable bonds is 3. The molecule has 0 aliphatic carbocycles. The van der Waals surface area contributed by atoms with E-state index in [4.69, 9.17) is 48.7 Å². The van der Waals surface area contributed by atoms with E-state index in [1.54, 1.807) is 0 Å². The summed E-state index contributed by atoms with van der Waals surface area (Å²) in [5.74, 6) is 0. The van der Waals surface area contributed by atoms with Gasteiger partial charge in [0.1, 0.15) is 0 Å². The van der Waals surface area contributed by atoms with E-state index >= 15 is 0 Å². The molecule has 12 heteroatoms. The number of hydrogen-bond donors (Lipinski definition) is 6. The molecule has 0 unspecified atom stereocenters. The molecule has 10 nitrogen and oxygen atoms in total. The van der Waals surface area contributed by atoms with E-state index in [1.165, 1.54) is 0 Å². The summed E-state index contributed by atoms with van der Waals surface area (Å²) in [6.45, 7) is 3.58. The van der Waals surface area contributed by atoms with Gasteiger partial charge in [-0.15, -0.1) is 0 Å². The molecule has 117 valence electrons. The average Bonchev–Trinajstić information content (AvgIpc) is 2.27. The van der Waals surface area contributed by atoms with Crippen LogP contribution in [0.4, 0.5) is 0 Å². The minimum absolute atomic E-state index is 0. The van der Waals surface area contributed by atoms with Crippen molar-refractivity contribution in [1.29, 1.82) is 0 Å². The molecule has 0 heterocycles. The van der Waals surface area contributed by atoms with Gasteiger partial charge in [-0.3, -0.25) is 0 Å². The fourth-order valence-electron chi connectivity index (χ4n) is 0. The van der Waals surface area contributed by atoms with Crippen LogP contribution in [0.3, 0.4) is 0 Å². The SMILES string of the molecule is NCCN.NCCN.NCCN.[Co+2].[O]=[Mo](=[O])([O-])[O-]. The van der Waals surface area contributed by atoms with Crippen LogP contribution >= 0.6 is 0 Å². The summed E-state index contributed by atoms with van der Waals surface area (Å²) in [6, 6.07) is 0. The number of nitrogens with two attached hydrogens (primary N) is 6. The molecule has 0 atom stereocenters. The van der Waals surface area contributed by atoms with Crippen molar-refractivity contribution in [3.63, 3.8) is 0 Å². The van der Waals surface area contributed by atoms with Gasteiger partial charge >= 0.3 is 47.8 Å². The molecule has 0 aromatic heterocycles. The van der Waals surface area contributed by atoms with Crippen LogP contribution in [0.15, 0.2) is 0 Å². The van der Waals surface area contributed by atoms with Gasteiger partial charge in [-0.25, -0.2) is 0 Å². The van der Waals surface area contributed by atoms with Gasteiger partial charge in [0.15, 0.2) is 0 Å². The Hall–Kier alpha value is 0.475. The predicted molar refractivity (Wildman–Crippen MR) is 55.7 cm³/mol. The molecule has 0 aromatic carbocycles. The Labute approximate surface area is 121 Å². The van der Waals surface area contributed by atoms with E-state index in [1.807, 2.05) is 0 Å². The van der Waals surface area contributed by atoms with Crippen LogP contribution in [-0.2, 0) is 40.3 Å². The van der Waals surface area contributed by atoms with Gasteiger partial charge in [0, 0.05) is 39.3 Å². The van der Waals surface area contributed by atoms with Gasteiger partial charge in [0.2, 0.25) is 0 Å². The van der Waals surface area contributed by atoms with Crippen LogP contribution in [0, 0.1) is 0 Å². The van der Waals surface area contributed by atoms with Crippen molar-refractivity contribution in [1.82, 2.24) is 0 Å². The van der Waals surface area contributed by atoms with Gasteiger partial charge < -0.3 is 34.4 Å². The Kier molecular flexibility index (Phi) is 52.6. The van der Waals surface area contributed by atoms with Gasteiger partial charge in [0.05, 0.1) is 0 Å². The topological polar surface area (TPSA) is 236 Å². The van der Waals surface area contributed by atoms with Crippen LogP contribution in [0.25, 0.3) is 0 Å². The summed E-state index contributed by atoms with van der Waals surface area (Å²) >= 11 is -6.02. The normalized spacial score (nSPS) is 8.22. The maximum absolute atomic E-state index is 8.63. The third-order valence-corrected chi connectivity index (χ3v) is 0.500. The Morgan fingerprint density at radius 2 is 0.667 bits per heavy atom. The Bertz CT molecular complexity index is 171. The van der Waals surface area contributed by atoms with Gasteiger partial charge in [-0.2, -0.15) is 0 Å². The molecule has 0 fully saturated rings. The van der Waals surface area contributed by atoms with E-state index in [0.717, 1.165) is 0 Å². The van der Waals surface area contributed by atoms with Crippen molar-refractivity contribution in [3.05, 3.63) is 0 Å². The summed E-state index contributed by atoms with van der Waals surface area (Å²) in [6.07, 6.45) is 0. The van der Waals surface area contributed by atoms with Crippen molar-refractivity contribution in [2.75, 3.05) is 39.3 Å². The Balaban J connectivity index is -0.0000000412. The Morgan fingerprint density at radius 3 is 0.667 bits per heavy atom. The molecule has 12 N–H and O–H groups in total. The zero-order chi connectivity index (χ0) is 14.7. The zero-order valence-electron chi connectivity index (χ0n) is 10.1. The van der Waals surface area contributed by atoms with Crippen LogP contribution in [0.2, 0.25) is 0 Å². The quantitative estimate of drug-likeness (QED) is 0.246. The van der Waals surface area contributed by atoms with Crippen LogP contribution in [-0.4, -0.2) is 39.3 Å². The monoisotopic (exact) mass is 401 g/mol. The third kappa shape index (κ3) is 327. The molecule has 0 bridgehead atoms. The second kappa shape index (κ2) is 30.5. The van der Waals surface area contributed by atoms with E-state index < -0.39 is 16.7 Å². The maximum atomic E-state index is 8.63. The van der Waals surface area contributed by atoms with Crippen LogP contribution in [0.5, 0.6) is 0 Å². The summed E-state index contributed by atoms with van der Waals surface area (Å²) in [7, 11) is 0. The van der Waals surface area contributed by atoms with Gasteiger partial charge in [-0.1, -0.05) is 0 Å². The van der Waals surface area contributed by atoms with Crippen molar-refractivity contribution in [2.24, 2.45) is 34.4 Å². The average molecular weight is 399 g/mol. The van der Waals surface area contributed by atoms with Crippen molar-refractivity contribution in [2.45, 2.75) is 0 Å². The second-order valence-corrected chi connectivity index (χ2v) is 4.15. The molecule has 0 aromatic rings. The molecule has 0 aliphatic rings. The summed E-state index contributed by atoms with van der Waals surface area (Å²) in [5.41, 5.74) is 29.4. The predicted octanol–water partition coefficient (Wildman–Crippen LogP) is -5.91. The fraction of sp³-hybridized carbons (Fsp3) is 1.00. The van der Waals surface area contributed by atoms with Gasteiger partial charge in [-0.05, 0) is 0 Å². The fourth-order valence-corrected chi connectivity index (χ4v) is 0. The Morgan fingerprint density at radius 1 is 0.611 bits per heavy atom. The van der Waals surface area contributed by atoms with E-state index in [2.05, 4.69) is 0 Å². The third-order valence-electron chi connectivity index (χ3n) is 0.500. The number of hydrogen-bond acceptors (Lipinski definition) is 10. The van der Waals surface area contributed by atoms with E-state index in [-0.39, 0.29) is 16.8 Å².